The highest BCUT2D eigenvalue weighted by molar-refractivity contribution is 9.10. The van der Waals surface area contributed by atoms with Gasteiger partial charge >= 0.3 is 0 Å². The van der Waals surface area contributed by atoms with Gasteiger partial charge in [-0.3, -0.25) is 0 Å². The van der Waals surface area contributed by atoms with E-state index >= 15 is 0 Å². The molecule has 15 heavy (non-hydrogen) atoms. The largest absolute Gasteiger partial charge is 0.216 e. The van der Waals surface area contributed by atoms with Crippen LogP contribution in [0.5, 0.6) is 0 Å². The maximum absolute atomic E-state index is 5.73. The molecule has 0 amide bonds. The molecule has 0 heterocycles. The minimum absolute atomic E-state index is 0.434. The van der Waals surface area contributed by atoms with Gasteiger partial charge in [-0.2, -0.15) is 0 Å². The Bertz CT molecular complexity index is 332. The van der Waals surface area contributed by atoms with Gasteiger partial charge in [0.15, 0.2) is 0 Å². The van der Waals surface area contributed by atoms with E-state index in [2.05, 4.69) is 15.9 Å². The van der Waals surface area contributed by atoms with Crippen LogP contribution < -0.4 is 0 Å². The lowest BCUT2D eigenvalue weighted by Crippen LogP contribution is -2.06. The molecule has 1 aromatic carbocycles. The topological polar surface area (TPSA) is 0 Å². The Balaban J connectivity index is 3.30. The fourth-order valence-corrected chi connectivity index (χ4v) is 2.06. The maximum atomic E-state index is 5.73. The zero-order valence-electron chi connectivity index (χ0n) is 6.88. The molecule has 0 aliphatic heterocycles. The van der Waals surface area contributed by atoms with E-state index < -0.39 is 7.59 Å². The summed E-state index contributed by atoms with van der Waals surface area (Å²) < 4.78 is -2.42. The number of alkyl halides is 6. The van der Waals surface area contributed by atoms with E-state index in [0.717, 1.165) is 0 Å². The molecule has 0 aliphatic rings. The standard InChI is InChI=1S/C8H3BrCl6/c9-6-2-4(7(10,11)12)1-5(3-6)8(13,14)15/h1-3H. The van der Waals surface area contributed by atoms with Crippen molar-refractivity contribution in [3.63, 3.8) is 0 Å². The van der Waals surface area contributed by atoms with Crippen LogP contribution in [0.4, 0.5) is 0 Å². The monoisotopic (exact) mass is 388 g/mol. The van der Waals surface area contributed by atoms with Gasteiger partial charge in [0, 0.05) is 15.6 Å². The summed E-state index contributed by atoms with van der Waals surface area (Å²) in [6, 6.07) is 4.82. The van der Waals surface area contributed by atoms with Gasteiger partial charge in [0.2, 0.25) is 7.59 Å². The van der Waals surface area contributed by atoms with Crippen LogP contribution in [-0.2, 0) is 7.59 Å². The highest BCUT2D eigenvalue weighted by atomic mass is 79.9. The molecule has 0 aliphatic carbocycles. The SMILES string of the molecule is ClC(Cl)(Cl)c1cc(Br)cc(C(Cl)(Cl)Cl)c1. The van der Waals surface area contributed by atoms with Gasteiger partial charge in [-0.25, -0.2) is 0 Å². The van der Waals surface area contributed by atoms with Gasteiger partial charge < -0.3 is 0 Å². The first-order valence-electron chi connectivity index (χ1n) is 3.55. The Hall–Kier alpha value is 1.44. The Kier molecular flexibility index (Phi) is 4.81. The summed E-state index contributed by atoms with van der Waals surface area (Å²) >= 11 is 37.6. The molecule has 0 fully saturated rings. The van der Waals surface area contributed by atoms with Crippen molar-refractivity contribution in [2.45, 2.75) is 7.59 Å². The number of hydrogen-bond acceptors (Lipinski definition) is 0. The Morgan fingerprint density at radius 3 is 1.33 bits per heavy atom. The Morgan fingerprint density at radius 1 is 0.733 bits per heavy atom. The van der Waals surface area contributed by atoms with Crippen molar-refractivity contribution < 1.29 is 0 Å². The number of hydrogen-bond donors (Lipinski definition) is 0. The quantitative estimate of drug-likeness (QED) is 0.469. The Morgan fingerprint density at radius 2 is 1.07 bits per heavy atom. The third-order valence-electron chi connectivity index (χ3n) is 1.55. The van der Waals surface area contributed by atoms with Crippen molar-refractivity contribution >= 4 is 85.5 Å². The van der Waals surface area contributed by atoms with Crippen LogP contribution in [0.2, 0.25) is 0 Å². The molecular formula is C8H3BrCl6. The molecule has 0 atom stereocenters. The molecule has 0 aromatic heterocycles. The number of benzene rings is 1. The van der Waals surface area contributed by atoms with Crippen molar-refractivity contribution in [2.75, 3.05) is 0 Å². The van der Waals surface area contributed by atoms with Crippen molar-refractivity contribution in [2.24, 2.45) is 0 Å². The first-order chi connectivity index (χ1) is 6.60. The van der Waals surface area contributed by atoms with Crippen LogP contribution in [0, 0.1) is 0 Å². The second-order valence-electron chi connectivity index (χ2n) is 2.72. The van der Waals surface area contributed by atoms with Crippen molar-refractivity contribution in [1.82, 2.24) is 0 Å². The summed E-state index contributed by atoms with van der Waals surface area (Å²) in [5, 5.41) is 0. The summed E-state index contributed by atoms with van der Waals surface area (Å²) in [6.07, 6.45) is 0. The molecule has 0 saturated carbocycles. The van der Waals surface area contributed by atoms with Crippen LogP contribution in [-0.4, -0.2) is 0 Å². The third-order valence-corrected chi connectivity index (χ3v) is 3.32. The second-order valence-corrected chi connectivity index (χ2v) is 8.20. The summed E-state index contributed by atoms with van der Waals surface area (Å²) in [6.45, 7) is 0. The van der Waals surface area contributed by atoms with Crippen LogP contribution in [0.15, 0.2) is 22.7 Å². The van der Waals surface area contributed by atoms with Crippen molar-refractivity contribution in [3.05, 3.63) is 33.8 Å². The molecular weight excluding hydrogens is 389 g/mol. The second kappa shape index (κ2) is 4.97. The minimum Gasteiger partial charge on any atom is -0.0784 e. The van der Waals surface area contributed by atoms with E-state index in [0.29, 0.717) is 15.6 Å². The van der Waals surface area contributed by atoms with Gasteiger partial charge in [0.25, 0.3) is 0 Å². The zero-order chi connectivity index (χ0) is 11.9. The predicted octanol–water partition coefficient (Wildman–Crippen LogP) is 6.10. The average Bonchev–Trinajstić information content (AvgIpc) is 1.99. The molecule has 7 heteroatoms. The molecule has 0 spiro atoms. The molecule has 84 valence electrons. The average molecular weight is 392 g/mol. The fourth-order valence-electron chi connectivity index (χ4n) is 0.917. The smallest absolute Gasteiger partial charge is 0.0784 e. The zero-order valence-corrected chi connectivity index (χ0v) is 13.0. The summed E-state index contributed by atoms with van der Waals surface area (Å²) in [4.78, 5) is 0. The predicted molar refractivity (Wildman–Crippen MR) is 72.6 cm³/mol. The van der Waals surface area contributed by atoms with Gasteiger partial charge in [0.05, 0.1) is 0 Å². The molecule has 0 nitrogen and oxygen atoms in total. The molecule has 0 unspecified atom stereocenters. The van der Waals surface area contributed by atoms with Crippen molar-refractivity contribution in [3.8, 4) is 0 Å². The fraction of sp³-hybridized carbons (Fsp3) is 0.250. The molecule has 0 radical (unpaired) electrons. The minimum atomic E-state index is -1.55. The van der Waals surface area contributed by atoms with Gasteiger partial charge in [-0.1, -0.05) is 85.5 Å². The van der Waals surface area contributed by atoms with Crippen LogP contribution in [0.3, 0.4) is 0 Å². The van der Waals surface area contributed by atoms with Gasteiger partial charge in [-0.05, 0) is 18.2 Å². The first kappa shape index (κ1) is 14.5. The third kappa shape index (κ3) is 4.31. The normalized spacial score (nSPS) is 13.0. The van der Waals surface area contributed by atoms with Crippen molar-refractivity contribution in [1.29, 1.82) is 0 Å². The Labute approximate surface area is 126 Å². The molecule has 0 saturated heterocycles. The molecule has 1 rings (SSSR count). The van der Waals surface area contributed by atoms with Crippen LogP contribution in [0.1, 0.15) is 11.1 Å². The van der Waals surface area contributed by atoms with E-state index in [4.69, 9.17) is 69.6 Å². The first-order valence-corrected chi connectivity index (χ1v) is 6.62. The van der Waals surface area contributed by atoms with E-state index in [1.165, 1.54) is 6.07 Å². The maximum Gasteiger partial charge on any atom is 0.216 e. The lowest BCUT2D eigenvalue weighted by molar-refractivity contribution is 1.16. The highest BCUT2D eigenvalue weighted by Gasteiger charge is 2.28. The van der Waals surface area contributed by atoms with Crippen LogP contribution in [0.25, 0.3) is 0 Å². The number of halogens is 7. The van der Waals surface area contributed by atoms with Crippen LogP contribution >= 0.6 is 85.5 Å². The summed E-state index contributed by atoms with van der Waals surface area (Å²) in [5.41, 5.74) is 0.867. The summed E-state index contributed by atoms with van der Waals surface area (Å²) in [5.74, 6) is 0. The van der Waals surface area contributed by atoms with E-state index in [1.54, 1.807) is 12.1 Å². The number of rotatable bonds is 0. The summed E-state index contributed by atoms with van der Waals surface area (Å²) in [7, 11) is 0. The van der Waals surface area contributed by atoms with Gasteiger partial charge in [0.1, 0.15) is 0 Å². The highest BCUT2D eigenvalue weighted by Crippen LogP contribution is 2.44. The molecule has 1 aromatic rings. The molecule has 0 bridgehead atoms. The van der Waals surface area contributed by atoms with E-state index in [1.807, 2.05) is 0 Å². The molecule has 0 N–H and O–H groups in total. The lowest BCUT2D eigenvalue weighted by Gasteiger charge is -2.17. The van der Waals surface area contributed by atoms with E-state index in [9.17, 15) is 0 Å². The van der Waals surface area contributed by atoms with E-state index in [-0.39, 0.29) is 0 Å². The lowest BCUT2D eigenvalue weighted by atomic mass is 10.1. The van der Waals surface area contributed by atoms with Gasteiger partial charge in [-0.15, -0.1) is 0 Å².